The van der Waals surface area contributed by atoms with Gasteiger partial charge in [0.15, 0.2) is 5.96 Å². The highest BCUT2D eigenvalue weighted by Gasteiger charge is 2.11. The number of ether oxygens (including phenoxy) is 1. The Labute approximate surface area is 155 Å². The second-order valence-corrected chi connectivity index (χ2v) is 6.53. The summed E-state index contributed by atoms with van der Waals surface area (Å²) in [5, 5.41) is 6.75. The Kier molecular flexibility index (Phi) is 6.47. The second kappa shape index (κ2) is 9.22. The molecule has 2 heterocycles. The summed E-state index contributed by atoms with van der Waals surface area (Å²) in [5.41, 5.74) is 5.20. The number of hydrogen-bond donors (Lipinski definition) is 2. The standard InChI is InChI=1S/C21H28N4O/c1-3-23-21(25-12-8-18-7-10-22-15-16(18)2)24-11-6-17-4-5-20-19(14-17)9-13-26-20/h4-5,7,10,14-15H,3,6,8-9,11-13H2,1-2H3,(H2,23,24,25). The third-order valence-corrected chi connectivity index (χ3v) is 4.59. The van der Waals surface area contributed by atoms with Gasteiger partial charge in [0.2, 0.25) is 0 Å². The van der Waals surface area contributed by atoms with Crippen molar-refractivity contribution in [3.05, 3.63) is 58.9 Å². The Morgan fingerprint density at radius 1 is 1.23 bits per heavy atom. The van der Waals surface area contributed by atoms with Crippen LogP contribution in [-0.4, -0.2) is 37.2 Å². The van der Waals surface area contributed by atoms with Crippen molar-refractivity contribution in [3.63, 3.8) is 0 Å². The predicted molar refractivity (Wildman–Crippen MR) is 106 cm³/mol. The molecule has 0 saturated heterocycles. The van der Waals surface area contributed by atoms with Gasteiger partial charge < -0.3 is 15.4 Å². The zero-order chi connectivity index (χ0) is 18.2. The van der Waals surface area contributed by atoms with Crippen molar-refractivity contribution < 1.29 is 4.74 Å². The average molecular weight is 352 g/mol. The maximum absolute atomic E-state index is 5.57. The molecule has 1 aliphatic rings. The molecule has 0 bridgehead atoms. The Hall–Kier alpha value is -2.56. The van der Waals surface area contributed by atoms with Crippen LogP contribution in [0.2, 0.25) is 0 Å². The van der Waals surface area contributed by atoms with E-state index in [1.54, 1.807) is 0 Å². The van der Waals surface area contributed by atoms with Gasteiger partial charge >= 0.3 is 0 Å². The summed E-state index contributed by atoms with van der Waals surface area (Å²) >= 11 is 0. The first-order valence-electron chi connectivity index (χ1n) is 9.42. The van der Waals surface area contributed by atoms with Crippen molar-refractivity contribution in [1.29, 1.82) is 0 Å². The smallest absolute Gasteiger partial charge is 0.191 e. The van der Waals surface area contributed by atoms with Crippen LogP contribution in [0, 0.1) is 6.92 Å². The van der Waals surface area contributed by atoms with E-state index in [0.29, 0.717) is 0 Å². The van der Waals surface area contributed by atoms with E-state index in [-0.39, 0.29) is 0 Å². The molecule has 3 rings (SSSR count). The van der Waals surface area contributed by atoms with Gasteiger partial charge in [-0.3, -0.25) is 9.98 Å². The number of benzene rings is 1. The Balaban J connectivity index is 1.49. The average Bonchev–Trinajstić information content (AvgIpc) is 3.11. The van der Waals surface area contributed by atoms with Gasteiger partial charge in [-0.15, -0.1) is 0 Å². The van der Waals surface area contributed by atoms with Crippen LogP contribution in [0.4, 0.5) is 0 Å². The third kappa shape index (κ3) is 4.97. The fraction of sp³-hybridized carbons (Fsp3) is 0.429. The molecule has 5 nitrogen and oxygen atoms in total. The molecule has 0 radical (unpaired) electrons. The molecule has 0 amide bonds. The maximum Gasteiger partial charge on any atom is 0.191 e. The quantitative estimate of drug-likeness (QED) is 0.594. The maximum atomic E-state index is 5.57. The van der Waals surface area contributed by atoms with Crippen molar-refractivity contribution in [3.8, 4) is 5.75 Å². The summed E-state index contributed by atoms with van der Waals surface area (Å²) in [6, 6.07) is 8.58. The van der Waals surface area contributed by atoms with Crippen LogP contribution in [0.3, 0.4) is 0 Å². The topological polar surface area (TPSA) is 58.5 Å². The van der Waals surface area contributed by atoms with Gasteiger partial charge in [-0.25, -0.2) is 0 Å². The van der Waals surface area contributed by atoms with Gasteiger partial charge in [0.25, 0.3) is 0 Å². The zero-order valence-electron chi connectivity index (χ0n) is 15.7. The monoisotopic (exact) mass is 352 g/mol. The van der Waals surface area contributed by atoms with E-state index < -0.39 is 0 Å². The minimum Gasteiger partial charge on any atom is -0.493 e. The number of fused-ring (bicyclic) bond motifs is 1. The number of nitrogens with one attached hydrogen (secondary N) is 2. The summed E-state index contributed by atoms with van der Waals surface area (Å²) in [6.07, 6.45) is 6.67. The lowest BCUT2D eigenvalue weighted by atomic mass is 10.1. The SMILES string of the molecule is CCNC(=NCCc1ccncc1C)NCCc1ccc2c(c1)CCO2. The van der Waals surface area contributed by atoms with E-state index in [2.05, 4.69) is 53.7 Å². The minimum atomic E-state index is 0.760. The van der Waals surface area contributed by atoms with Crippen LogP contribution in [0.25, 0.3) is 0 Å². The Morgan fingerprint density at radius 2 is 2.15 bits per heavy atom. The second-order valence-electron chi connectivity index (χ2n) is 6.53. The molecule has 1 aromatic carbocycles. The molecule has 138 valence electrons. The number of nitrogens with zero attached hydrogens (tertiary/aromatic N) is 2. The summed E-state index contributed by atoms with van der Waals surface area (Å²) in [6.45, 7) is 7.47. The molecule has 0 unspecified atom stereocenters. The van der Waals surface area contributed by atoms with E-state index in [9.17, 15) is 0 Å². The highest BCUT2D eigenvalue weighted by molar-refractivity contribution is 5.79. The van der Waals surface area contributed by atoms with Gasteiger partial charge in [0.1, 0.15) is 5.75 Å². The van der Waals surface area contributed by atoms with Crippen LogP contribution in [0.5, 0.6) is 5.75 Å². The van der Waals surface area contributed by atoms with Crippen LogP contribution in [0.1, 0.15) is 29.2 Å². The molecule has 26 heavy (non-hydrogen) atoms. The lowest BCUT2D eigenvalue weighted by Gasteiger charge is -2.12. The lowest BCUT2D eigenvalue weighted by Crippen LogP contribution is -2.38. The summed E-state index contributed by atoms with van der Waals surface area (Å²) in [4.78, 5) is 8.83. The lowest BCUT2D eigenvalue weighted by molar-refractivity contribution is 0.357. The first kappa shape index (κ1) is 18.2. The van der Waals surface area contributed by atoms with Gasteiger partial charge in [0, 0.05) is 38.4 Å². The molecule has 1 aliphatic heterocycles. The molecular weight excluding hydrogens is 324 g/mol. The summed E-state index contributed by atoms with van der Waals surface area (Å²) in [7, 11) is 0. The molecular formula is C21H28N4O. The van der Waals surface area contributed by atoms with Gasteiger partial charge in [-0.05, 0) is 61.1 Å². The van der Waals surface area contributed by atoms with E-state index in [1.807, 2.05) is 12.4 Å². The number of aliphatic imine (C=N–C) groups is 1. The molecule has 0 aliphatic carbocycles. The normalized spacial score (nSPS) is 13.2. The highest BCUT2D eigenvalue weighted by atomic mass is 16.5. The molecule has 0 saturated carbocycles. The van der Waals surface area contributed by atoms with Crippen molar-refractivity contribution in [1.82, 2.24) is 15.6 Å². The van der Waals surface area contributed by atoms with Crippen LogP contribution >= 0.6 is 0 Å². The highest BCUT2D eigenvalue weighted by Crippen LogP contribution is 2.25. The number of hydrogen-bond acceptors (Lipinski definition) is 3. The van der Waals surface area contributed by atoms with E-state index in [4.69, 9.17) is 9.73 Å². The van der Waals surface area contributed by atoms with Gasteiger partial charge in [-0.1, -0.05) is 12.1 Å². The van der Waals surface area contributed by atoms with Gasteiger partial charge in [0.05, 0.1) is 6.61 Å². The predicted octanol–water partition coefficient (Wildman–Crippen LogP) is 2.67. The van der Waals surface area contributed by atoms with Crippen molar-refractivity contribution in [2.75, 3.05) is 26.2 Å². The van der Waals surface area contributed by atoms with E-state index in [1.165, 1.54) is 22.3 Å². The van der Waals surface area contributed by atoms with Crippen LogP contribution in [-0.2, 0) is 19.3 Å². The van der Waals surface area contributed by atoms with Crippen LogP contribution in [0.15, 0.2) is 41.7 Å². The fourth-order valence-electron chi connectivity index (χ4n) is 3.13. The largest absolute Gasteiger partial charge is 0.493 e. The molecule has 1 aromatic heterocycles. The van der Waals surface area contributed by atoms with E-state index in [0.717, 1.165) is 57.2 Å². The summed E-state index contributed by atoms with van der Waals surface area (Å²) < 4.78 is 5.57. The number of pyridine rings is 1. The van der Waals surface area contributed by atoms with Gasteiger partial charge in [-0.2, -0.15) is 0 Å². The summed E-state index contributed by atoms with van der Waals surface area (Å²) in [5.74, 6) is 1.92. The number of aryl methyl sites for hydroxylation is 1. The van der Waals surface area contributed by atoms with Crippen LogP contribution < -0.4 is 15.4 Å². The first-order chi connectivity index (χ1) is 12.8. The van der Waals surface area contributed by atoms with Crippen molar-refractivity contribution >= 4 is 5.96 Å². The Morgan fingerprint density at radius 3 is 3.00 bits per heavy atom. The number of rotatable bonds is 7. The molecule has 2 aromatic rings. The Bertz CT molecular complexity index is 757. The van der Waals surface area contributed by atoms with E-state index >= 15 is 0 Å². The third-order valence-electron chi connectivity index (χ3n) is 4.59. The zero-order valence-corrected chi connectivity index (χ0v) is 15.7. The van der Waals surface area contributed by atoms with Crippen molar-refractivity contribution in [2.45, 2.75) is 33.1 Å². The molecule has 0 fully saturated rings. The number of guanidine groups is 1. The molecule has 5 heteroatoms. The minimum absolute atomic E-state index is 0.760. The van der Waals surface area contributed by atoms with Crippen molar-refractivity contribution in [2.24, 2.45) is 4.99 Å². The molecule has 0 atom stereocenters. The first-order valence-corrected chi connectivity index (χ1v) is 9.42. The fourth-order valence-corrected chi connectivity index (χ4v) is 3.13. The number of aromatic nitrogens is 1. The molecule has 2 N–H and O–H groups in total. The molecule has 0 spiro atoms.